The highest BCUT2D eigenvalue weighted by Gasteiger charge is 2.07. The average Bonchev–Trinajstić information content (AvgIpc) is 2.71. The van der Waals surface area contributed by atoms with Gasteiger partial charge in [0.05, 0.1) is 11.6 Å². The molecular weight excluding hydrogens is 244 g/mol. The molecule has 0 aliphatic heterocycles. The van der Waals surface area contributed by atoms with E-state index < -0.39 is 0 Å². The van der Waals surface area contributed by atoms with Crippen molar-refractivity contribution in [3.05, 3.63) is 52.7 Å². The number of amides is 1. The number of hydrogen-bond acceptors (Lipinski definition) is 3. The van der Waals surface area contributed by atoms with Crippen molar-refractivity contribution in [2.24, 2.45) is 7.05 Å². The maximum Gasteiger partial charge on any atom is 0.328 e. The highest BCUT2D eigenvalue weighted by molar-refractivity contribution is 5.90. The molecule has 0 saturated carbocycles. The quantitative estimate of drug-likeness (QED) is 0.877. The van der Waals surface area contributed by atoms with Gasteiger partial charge in [0.25, 0.3) is 0 Å². The van der Waals surface area contributed by atoms with Crippen molar-refractivity contribution < 1.29 is 4.79 Å². The number of hydrogen-bond donors (Lipinski definition) is 1. The van der Waals surface area contributed by atoms with Crippen molar-refractivity contribution >= 4 is 11.6 Å². The number of nitrogens with one attached hydrogen (secondary N) is 1. The van der Waals surface area contributed by atoms with Gasteiger partial charge in [-0.25, -0.2) is 4.79 Å². The number of anilines is 1. The van der Waals surface area contributed by atoms with Gasteiger partial charge in [0.15, 0.2) is 0 Å². The van der Waals surface area contributed by atoms with Crippen LogP contribution in [0.3, 0.4) is 0 Å². The molecule has 0 saturated heterocycles. The van der Waals surface area contributed by atoms with Crippen LogP contribution < -0.4 is 11.0 Å². The molecule has 19 heavy (non-hydrogen) atoms. The molecule has 2 rings (SSSR count). The first kappa shape index (κ1) is 12.6. The normalized spacial score (nSPS) is 9.89. The minimum absolute atomic E-state index is 0.0591. The first-order valence-corrected chi connectivity index (χ1v) is 5.62. The molecule has 0 aliphatic rings. The van der Waals surface area contributed by atoms with E-state index in [0.717, 1.165) is 0 Å². The largest absolute Gasteiger partial charge is 0.328 e. The van der Waals surface area contributed by atoms with Gasteiger partial charge in [-0.2, -0.15) is 5.26 Å². The van der Waals surface area contributed by atoms with Crippen LogP contribution in [-0.2, 0) is 18.4 Å². The number of nitriles is 1. The zero-order chi connectivity index (χ0) is 13.8. The summed E-state index contributed by atoms with van der Waals surface area (Å²) in [5.41, 5.74) is 0.753. The smallest absolute Gasteiger partial charge is 0.324 e. The predicted molar refractivity (Wildman–Crippen MR) is 69.5 cm³/mol. The lowest BCUT2D eigenvalue weighted by Crippen LogP contribution is -2.28. The van der Waals surface area contributed by atoms with Crippen molar-refractivity contribution in [3.8, 4) is 6.07 Å². The second-order valence-corrected chi connectivity index (χ2v) is 4.06. The SMILES string of the molecule is Cn1ccn(CC(=O)Nc2cccc(C#N)c2)c1=O. The summed E-state index contributed by atoms with van der Waals surface area (Å²) in [5.74, 6) is -0.316. The first-order valence-electron chi connectivity index (χ1n) is 5.62. The number of aromatic nitrogens is 2. The molecule has 0 spiro atoms. The van der Waals surface area contributed by atoms with Crippen LogP contribution in [0.2, 0.25) is 0 Å². The molecule has 6 nitrogen and oxygen atoms in total. The van der Waals surface area contributed by atoms with Gasteiger partial charge in [-0.05, 0) is 18.2 Å². The van der Waals surface area contributed by atoms with Crippen LogP contribution >= 0.6 is 0 Å². The van der Waals surface area contributed by atoms with Crippen LogP contribution in [0, 0.1) is 11.3 Å². The molecule has 96 valence electrons. The molecule has 6 heteroatoms. The molecule has 0 unspecified atom stereocenters. The monoisotopic (exact) mass is 256 g/mol. The first-order chi connectivity index (χ1) is 9.10. The Morgan fingerprint density at radius 3 is 2.84 bits per heavy atom. The van der Waals surface area contributed by atoms with Gasteiger partial charge in [-0.15, -0.1) is 0 Å². The summed E-state index contributed by atoms with van der Waals surface area (Å²) < 4.78 is 2.70. The van der Waals surface area contributed by atoms with E-state index in [1.807, 2.05) is 6.07 Å². The number of nitrogens with zero attached hydrogens (tertiary/aromatic N) is 3. The summed E-state index contributed by atoms with van der Waals surface area (Å²) in [7, 11) is 1.62. The molecule has 1 aromatic heterocycles. The number of benzene rings is 1. The van der Waals surface area contributed by atoms with Crippen LogP contribution in [0.1, 0.15) is 5.56 Å². The van der Waals surface area contributed by atoms with E-state index in [2.05, 4.69) is 5.32 Å². The van der Waals surface area contributed by atoms with E-state index in [1.165, 1.54) is 9.13 Å². The molecule has 1 N–H and O–H groups in total. The maximum atomic E-state index is 11.8. The van der Waals surface area contributed by atoms with Gasteiger partial charge in [0.1, 0.15) is 6.54 Å². The lowest BCUT2D eigenvalue weighted by molar-refractivity contribution is -0.116. The van der Waals surface area contributed by atoms with Crippen molar-refractivity contribution in [1.82, 2.24) is 9.13 Å². The number of imidazole rings is 1. The molecule has 0 radical (unpaired) electrons. The Morgan fingerprint density at radius 2 is 2.21 bits per heavy atom. The highest BCUT2D eigenvalue weighted by Crippen LogP contribution is 2.09. The second kappa shape index (κ2) is 5.23. The fraction of sp³-hybridized carbons (Fsp3) is 0.154. The van der Waals surface area contributed by atoms with Crippen molar-refractivity contribution in [2.45, 2.75) is 6.54 Å². The summed E-state index contributed by atoms with van der Waals surface area (Å²) in [4.78, 5) is 23.3. The third kappa shape index (κ3) is 2.90. The predicted octanol–water partition coefficient (Wildman–Crippen LogP) is 0.697. The number of rotatable bonds is 3. The Hall–Kier alpha value is -2.81. The Kier molecular flexibility index (Phi) is 3.48. The summed E-state index contributed by atoms with van der Waals surface area (Å²) in [6, 6.07) is 8.59. The Morgan fingerprint density at radius 1 is 1.42 bits per heavy atom. The van der Waals surface area contributed by atoms with E-state index in [-0.39, 0.29) is 18.1 Å². The van der Waals surface area contributed by atoms with Crippen LogP contribution in [0.25, 0.3) is 0 Å². The molecule has 0 aliphatic carbocycles. The van der Waals surface area contributed by atoms with Crippen molar-refractivity contribution in [3.63, 3.8) is 0 Å². The van der Waals surface area contributed by atoms with Crippen LogP contribution in [-0.4, -0.2) is 15.0 Å². The zero-order valence-electron chi connectivity index (χ0n) is 10.3. The van der Waals surface area contributed by atoms with Gasteiger partial charge in [0.2, 0.25) is 5.91 Å². The fourth-order valence-electron chi connectivity index (χ4n) is 1.65. The van der Waals surface area contributed by atoms with Gasteiger partial charge < -0.3 is 9.88 Å². The standard InChI is InChI=1S/C13H12N4O2/c1-16-5-6-17(13(16)19)9-12(18)15-11-4-2-3-10(7-11)8-14/h2-7H,9H2,1H3,(H,15,18). The van der Waals surface area contributed by atoms with E-state index in [4.69, 9.17) is 5.26 Å². The Balaban J connectivity index is 2.08. The molecule has 0 atom stereocenters. The van der Waals surface area contributed by atoms with E-state index >= 15 is 0 Å². The minimum atomic E-state index is -0.316. The second-order valence-electron chi connectivity index (χ2n) is 4.06. The van der Waals surface area contributed by atoms with Crippen molar-refractivity contribution in [1.29, 1.82) is 5.26 Å². The molecular formula is C13H12N4O2. The zero-order valence-corrected chi connectivity index (χ0v) is 10.3. The molecule has 2 aromatic rings. The molecule has 0 fully saturated rings. The van der Waals surface area contributed by atoms with Crippen LogP contribution in [0.15, 0.2) is 41.5 Å². The summed E-state index contributed by atoms with van der Waals surface area (Å²) >= 11 is 0. The van der Waals surface area contributed by atoms with Crippen molar-refractivity contribution in [2.75, 3.05) is 5.32 Å². The van der Waals surface area contributed by atoms with Crippen LogP contribution in [0.5, 0.6) is 0 Å². The van der Waals surface area contributed by atoms with E-state index in [1.54, 1.807) is 43.7 Å². The van der Waals surface area contributed by atoms with Gasteiger partial charge in [-0.1, -0.05) is 6.07 Å². The van der Waals surface area contributed by atoms with Gasteiger partial charge >= 0.3 is 5.69 Å². The summed E-state index contributed by atoms with van der Waals surface area (Å²) in [6.45, 7) is -0.0591. The Bertz CT molecular complexity index is 706. The lowest BCUT2D eigenvalue weighted by Gasteiger charge is -2.05. The summed E-state index contributed by atoms with van der Waals surface area (Å²) in [5, 5.41) is 11.4. The highest BCUT2D eigenvalue weighted by atomic mass is 16.2. The number of carbonyl (C=O) groups excluding carboxylic acids is 1. The molecule has 0 bridgehead atoms. The lowest BCUT2D eigenvalue weighted by atomic mass is 10.2. The molecule has 1 amide bonds. The minimum Gasteiger partial charge on any atom is -0.324 e. The number of carbonyl (C=O) groups is 1. The fourth-order valence-corrected chi connectivity index (χ4v) is 1.65. The molecule has 1 heterocycles. The third-order valence-corrected chi connectivity index (χ3v) is 2.61. The molecule has 1 aromatic carbocycles. The average molecular weight is 256 g/mol. The topological polar surface area (TPSA) is 79.8 Å². The van der Waals surface area contributed by atoms with E-state index in [0.29, 0.717) is 11.3 Å². The third-order valence-electron chi connectivity index (χ3n) is 2.61. The summed E-state index contributed by atoms with van der Waals surface area (Å²) in [6.07, 6.45) is 3.14. The van der Waals surface area contributed by atoms with Crippen LogP contribution in [0.4, 0.5) is 5.69 Å². The van der Waals surface area contributed by atoms with Gasteiger partial charge in [-0.3, -0.25) is 9.36 Å². The number of aryl methyl sites for hydroxylation is 1. The Labute approximate surface area is 109 Å². The maximum absolute atomic E-state index is 11.8. The van der Waals surface area contributed by atoms with Gasteiger partial charge in [0, 0.05) is 25.1 Å². The van der Waals surface area contributed by atoms with E-state index in [9.17, 15) is 9.59 Å².